The van der Waals surface area contributed by atoms with E-state index in [1.807, 2.05) is 6.92 Å². The molecule has 0 fully saturated rings. The van der Waals surface area contributed by atoms with E-state index in [2.05, 4.69) is 4.29 Å². The molecule has 0 radical (unpaired) electrons. The Balaban J connectivity index is 4.30. The van der Waals surface area contributed by atoms with Gasteiger partial charge in [-0.2, -0.15) is 0 Å². The fourth-order valence-corrected chi connectivity index (χ4v) is 0.627. The van der Waals surface area contributed by atoms with E-state index < -0.39 is 5.97 Å². The highest BCUT2D eigenvalue weighted by Crippen LogP contribution is 2.14. The van der Waals surface area contributed by atoms with Gasteiger partial charge in [0, 0.05) is 5.03 Å². The van der Waals surface area contributed by atoms with Crippen LogP contribution in [0.2, 0.25) is 0 Å². The van der Waals surface area contributed by atoms with Gasteiger partial charge in [-0.15, -0.1) is 0 Å². The molecule has 0 amide bonds. The second kappa shape index (κ2) is 4.58. The molecule has 0 aliphatic heterocycles. The number of hydrogen-bond acceptors (Lipinski definition) is 2. The zero-order valence-electron chi connectivity index (χ0n) is 5.78. The van der Waals surface area contributed by atoms with Gasteiger partial charge in [0.05, 0.1) is 5.57 Å². The van der Waals surface area contributed by atoms with Crippen LogP contribution in [0, 0.1) is 0 Å². The summed E-state index contributed by atoms with van der Waals surface area (Å²) in [6.07, 6.45) is 0.610. The first-order valence-corrected chi connectivity index (χ1v) is 3.50. The molecular formula is C6H8Cl2O2. The second-order valence-corrected chi connectivity index (χ2v) is 2.36. The summed E-state index contributed by atoms with van der Waals surface area (Å²) in [5.74, 6) is -0.589. The Bertz CT molecular complexity index is 163. The lowest BCUT2D eigenvalue weighted by atomic mass is 10.2. The molecule has 0 heterocycles. The summed E-state index contributed by atoms with van der Waals surface area (Å²) in [7, 11) is 0. The Morgan fingerprint density at radius 3 is 2.40 bits per heavy atom. The van der Waals surface area contributed by atoms with E-state index in [9.17, 15) is 4.79 Å². The fraction of sp³-hybridized carbons (Fsp3) is 0.500. The fourth-order valence-electron chi connectivity index (χ4n) is 0.434. The van der Waals surface area contributed by atoms with Crippen LogP contribution in [0.4, 0.5) is 0 Å². The lowest BCUT2D eigenvalue weighted by molar-refractivity contribution is -0.129. The van der Waals surface area contributed by atoms with E-state index in [0.29, 0.717) is 17.0 Å². The van der Waals surface area contributed by atoms with E-state index in [0.717, 1.165) is 0 Å². The van der Waals surface area contributed by atoms with Crippen molar-refractivity contribution in [1.82, 2.24) is 0 Å². The van der Waals surface area contributed by atoms with Crippen molar-refractivity contribution in [2.24, 2.45) is 0 Å². The van der Waals surface area contributed by atoms with E-state index in [4.69, 9.17) is 23.5 Å². The standard InChI is InChI=1S/C6H8Cl2O2/c1-3-5(7)4(2)6(9)10-8/h3H2,1-2H3. The minimum atomic E-state index is -0.589. The summed E-state index contributed by atoms with van der Waals surface area (Å²) in [5, 5.41) is 0.477. The molecule has 0 bridgehead atoms. The number of halogens is 2. The summed E-state index contributed by atoms with van der Waals surface area (Å²) >= 11 is 10.4. The van der Waals surface area contributed by atoms with Crippen molar-refractivity contribution in [3.63, 3.8) is 0 Å². The van der Waals surface area contributed by atoms with Crippen LogP contribution in [0.5, 0.6) is 0 Å². The van der Waals surface area contributed by atoms with Gasteiger partial charge in [0.2, 0.25) is 0 Å². The van der Waals surface area contributed by atoms with Crippen LogP contribution < -0.4 is 0 Å². The highest BCUT2D eigenvalue weighted by atomic mass is 35.5. The van der Waals surface area contributed by atoms with Gasteiger partial charge >= 0.3 is 5.97 Å². The third-order valence-corrected chi connectivity index (χ3v) is 1.78. The van der Waals surface area contributed by atoms with E-state index >= 15 is 0 Å². The van der Waals surface area contributed by atoms with Gasteiger partial charge in [-0.05, 0) is 13.3 Å². The highest BCUT2D eigenvalue weighted by molar-refractivity contribution is 6.32. The number of rotatable bonds is 2. The Morgan fingerprint density at radius 2 is 2.10 bits per heavy atom. The maximum Gasteiger partial charge on any atom is 0.353 e. The first kappa shape index (κ1) is 9.79. The van der Waals surface area contributed by atoms with E-state index in [1.165, 1.54) is 0 Å². The van der Waals surface area contributed by atoms with Crippen molar-refractivity contribution in [2.75, 3.05) is 0 Å². The molecule has 0 saturated heterocycles. The lowest BCUT2D eigenvalue weighted by Gasteiger charge is -1.97. The quantitative estimate of drug-likeness (QED) is 0.615. The van der Waals surface area contributed by atoms with Crippen molar-refractivity contribution >= 4 is 29.4 Å². The molecule has 0 spiro atoms. The van der Waals surface area contributed by atoms with Crippen molar-refractivity contribution < 1.29 is 9.08 Å². The van der Waals surface area contributed by atoms with Crippen LogP contribution in [0.1, 0.15) is 20.3 Å². The van der Waals surface area contributed by atoms with Gasteiger partial charge in [0.1, 0.15) is 11.9 Å². The molecule has 0 aromatic heterocycles. The van der Waals surface area contributed by atoms with Gasteiger partial charge in [0.15, 0.2) is 0 Å². The summed E-state index contributed by atoms with van der Waals surface area (Å²) in [6.45, 7) is 3.41. The molecule has 58 valence electrons. The second-order valence-electron chi connectivity index (χ2n) is 1.75. The van der Waals surface area contributed by atoms with Crippen LogP contribution >= 0.6 is 23.5 Å². The maximum absolute atomic E-state index is 10.6. The van der Waals surface area contributed by atoms with Crippen LogP contribution in [-0.2, 0) is 9.08 Å². The largest absolute Gasteiger partial charge is 0.353 e. The van der Waals surface area contributed by atoms with Crippen LogP contribution in [-0.4, -0.2) is 5.97 Å². The summed E-state index contributed by atoms with van der Waals surface area (Å²) < 4.78 is 3.93. The predicted octanol–water partition coefficient (Wildman–Crippen LogP) is 2.61. The minimum Gasteiger partial charge on any atom is -0.343 e. The molecule has 0 unspecified atom stereocenters. The molecule has 0 aromatic carbocycles. The van der Waals surface area contributed by atoms with Crippen molar-refractivity contribution in [3.8, 4) is 0 Å². The van der Waals surface area contributed by atoms with E-state index in [-0.39, 0.29) is 0 Å². The van der Waals surface area contributed by atoms with Gasteiger partial charge in [-0.3, -0.25) is 0 Å². The average Bonchev–Trinajstić information content (AvgIpc) is 2.00. The first-order chi connectivity index (χ1) is 4.63. The molecule has 0 aliphatic carbocycles. The van der Waals surface area contributed by atoms with Gasteiger partial charge in [-0.25, -0.2) is 4.79 Å². The molecule has 2 nitrogen and oxygen atoms in total. The highest BCUT2D eigenvalue weighted by Gasteiger charge is 2.08. The number of hydrogen-bond donors (Lipinski definition) is 0. The van der Waals surface area contributed by atoms with Crippen molar-refractivity contribution in [3.05, 3.63) is 10.6 Å². The Labute approximate surface area is 69.9 Å². The topological polar surface area (TPSA) is 26.3 Å². The molecular weight excluding hydrogens is 175 g/mol. The Morgan fingerprint density at radius 1 is 1.60 bits per heavy atom. The molecule has 10 heavy (non-hydrogen) atoms. The SMILES string of the molecule is CCC(Cl)=C(C)C(=O)OCl. The lowest BCUT2D eigenvalue weighted by Crippen LogP contribution is -1.99. The Hall–Kier alpha value is -0.210. The van der Waals surface area contributed by atoms with Crippen LogP contribution in [0.15, 0.2) is 10.6 Å². The monoisotopic (exact) mass is 182 g/mol. The molecule has 0 aromatic rings. The average molecular weight is 183 g/mol. The predicted molar refractivity (Wildman–Crippen MR) is 40.8 cm³/mol. The van der Waals surface area contributed by atoms with Crippen LogP contribution in [0.3, 0.4) is 0 Å². The number of carbonyl (C=O) groups is 1. The van der Waals surface area contributed by atoms with Crippen molar-refractivity contribution in [1.29, 1.82) is 0 Å². The zero-order chi connectivity index (χ0) is 8.15. The van der Waals surface area contributed by atoms with Crippen LogP contribution in [0.25, 0.3) is 0 Å². The molecule has 0 rings (SSSR count). The van der Waals surface area contributed by atoms with Gasteiger partial charge in [-0.1, -0.05) is 18.5 Å². The summed E-state index contributed by atoms with van der Waals surface area (Å²) in [4.78, 5) is 10.6. The number of allylic oxidation sites excluding steroid dienone is 1. The normalized spacial score (nSPS) is 12.4. The number of carbonyl (C=O) groups excluding carboxylic acids is 1. The van der Waals surface area contributed by atoms with Crippen molar-refractivity contribution in [2.45, 2.75) is 20.3 Å². The zero-order valence-corrected chi connectivity index (χ0v) is 7.29. The minimum absolute atomic E-state index is 0.360. The van der Waals surface area contributed by atoms with Gasteiger partial charge < -0.3 is 4.29 Å². The third kappa shape index (κ3) is 2.58. The maximum atomic E-state index is 10.6. The molecule has 4 heteroatoms. The third-order valence-electron chi connectivity index (χ3n) is 1.09. The molecule has 0 saturated carbocycles. The molecule has 0 aliphatic rings. The smallest absolute Gasteiger partial charge is 0.343 e. The summed E-state index contributed by atoms with van der Waals surface area (Å²) in [5.41, 5.74) is 0.360. The van der Waals surface area contributed by atoms with Gasteiger partial charge in [0.25, 0.3) is 0 Å². The Kier molecular flexibility index (Phi) is 4.49. The van der Waals surface area contributed by atoms with E-state index in [1.54, 1.807) is 6.92 Å². The summed E-state index contributed by atoms with van der Waals surface area (Å²) in [6, 6.07) is 0. The molecule has 0 N–H and O–H groups in total. The first-order valence-electron chi connectivity index (χ1n) is 2.81. The molecule has 0 atom stereocenters.